The van der Waals surface area contributed by atoms with E-state index in [1.807, 2.05) is 13.0 Å². The highest BCUT2D eigenvalue weighted by atomic mass is 32.2. The summed E-state index contributed by atoms with van der Waals surface area (Å²) in [6.45, 7) is 2.73. The number of amides is 1. The van der Waals surface area contributed by atoms with Crippen LogP contribution in [0.25, 0.3) is 0 Å². The first-order valence-electron chi connectivity index (χ1n) is 6.86. The Morgan fingerprint density at radius 3 is 2.71 bits per heavy atom. The van der Waals surface area contributed by atoms with Crippen LogP contribution < -0.4 is 5.32 Å². The summed E-state index contributed by atoms with van der Waals surface area (Å²) >= 11 is 1.76. The van der Waals surface area contributed by atoms with Crippen LogP contribution in [-0.2, 0) is 4.74 Å². The molecule has 2 aromatic rings. The molecule has 2 rings (SSSR count). The van der Waals surface area contributed by atoms with Gasteiger partial charge in [0.15, 0.2) is 0 Å². The van der Waals surface area contributed by atoms with Gasteiger partial charge >= 0.3 is 0 Å². The third-order valence-corrected chi connectivity index (χ3v) is 4.10. The molecule has 1 aromatic carbocycles. The number of methoxy groups -OCH3 is 1. The quantitative estimate of drug-likeness (QED) is 0.610. The van der Waals surface area contributed by atoms with Gasteiger partial charge in [-0.2, -0.15) is 0 Å². The maximum absolute atomic E-state index is 12.0. The summed E-state index contributed by atoms with van der Waals surface area (Å²) in [4.78, 5) is 16.1. The summed E-state index contributed by atoms with van der Waals surface area (Å²) in [5, 5.41) is 2.97. The molecule has 1 amide bonds. The van der Waals surface area contributed by atoms with E-state index in [-0.39, 0.29) is 11.9 Å². The molecule has 0 radical (unpaired) electrons. The lowest BCUT2D eigenvalue weighted by atomic mass is 10.1. The van der Waals surface area contributed by atoms with E-state index in [2.05, 4.69) is 34.6 Å². The number of aromatic nitrogens is 1. The number of rotatable bonds is 7. The Hall–Kier alpha value is -1.72. The molecule has 2 N–H and O–H groups in total. The molecule has 1 aromatic heterocycles. The summed E-state index contributed by atoms with van der Waals surface area (Å²) in [7, 11) is 1.71. The van der Waals surface area contributed by atoms with Crippen molar-refractivity contribution in [2.75, 3.05) is 19.5 Å². The number of carbonyl (C=O) groups excluding carboxylic acids is 1. The van der Waals surface area contributed by atoms with E-state index in [1.165, 1.54) is 4.90 Å². The molecule has 0 aliphatic rings. The second-order valence-electron chi connectivity index (χ2n) is 4.69. The van der Waals surface area contributed by atoms with Crippen molar-refractivity contribution in [3.8, 4) is 0 Å². The van der Waals surface area contributed by atoms with E-state index < -0.39 is 0 Å². The number of H-pyrrole nitrogens is 1. The third kappa shape index (κ3) is 4.65. The number of aromatic amines is 1. The zero-order valence-corrected chi connectivity index (χ0v) is 13.1. The van der Waals surface area contributed by atoms with E-state index in [4.69, 9.17) is 4.74 Å². The Morgan fingerprint density at radius 2 is 2.10 bits per heavy atom. The van der Waals surface area contributed by atoms with Gasteiger partial charge in [0, 0.05) is 24.0 Å². The molecule has 0 bridgehead atoms. The highest BCUT2D eigenvalue weighted by Gasteiger charge is 2.11. The van der Waals surface area contributed by atoms with Crippen LogP contribution >= 0.6 is 11.8 Å². The molecule has 0 aliphatic heterocycles. The zero-order chi connectivity index (χ0) is 15.1. The van der Waals surface area contributed by atoms with Crippen LogP contribution in [0.4, 0.5) is 0 Å². The van der Waals surface area contributed by atoms with Gasteiger partial charge < -0.3 is 15.0 Å². The molecule has 1 heterocycles. The van der Waals surface area contributed by atoms with Gasteiger partial charge in [-0.15, -0.1) is 11.8 Å². The normalized spacial score (nSPS) is 12.1. The maximum atomic E-state index is 12.0. The summed E-state index contributed by atoms with van der Waals surface area (Å²) < 4.78 is 5.03. The minimum absolute atomic E-state index is 0.0289. The van der Waals surface area contributed by atoms with E-state index in [0.29, 0.717) is 5.69 Å². The molecular formula is C16H20N2O2S. The molecule has 1 atom stereocenters. The van der Waals surface area contributed by atoms with Gasteiger partial charge in [-0.1, -0.05) is 12.1 Å². The summed E-state index contributed by atoms with van der Waals surface area (Å²) in [5.41, 5.74) is 1.67. The minimum atomic E-state index is -0.0916. The number of hydrogen-bond donors (Lipinski definition) is 2. The number of carbonyl (C=O) groups is 1. The lowest BCUT2D eigenvalue weighted by molar-refractivity contribution is 0.0935. The molecule has 0 unspecified atom stereocenters. The third-order valence-electron chi connectivity index (χ3n) is 3.13. The molecule has 0 saturated carbocycles. The smallest absolute Gasteiger partial charge is 0.268 e. The number of nitrogens with one attached hydrogen (secondary N) is 2. The van der Waals surface area contributed by atoms with Crippen LogP contribution in [0.15, 0.2) is 47.5 Å². The molecule has 5 heteroatoms. The van der Waals surface area contributed by atoms with Gasteiger partial charge in [-0.3, -0.25) is 4.79 Å². The topological polar surface area (TPSA) is 54.1 Å². The number of hydrogen-bond acceptors (Lipinski definition) is 3. The largest absolute Gasteiger partial charge is 0.384 e. The first kappa shape index (κ1) is 15.7. The number of benzene rings is 1. The summed E-state index contributed by atoms with van der Waals surface area (Å²) in [5.74, 6) is 0.848. The van der Waals surface area contributed by atoms with Crippen LogP contribution in [0.5, 0.6) is 0 Å². The van der Waals surface area contributed by atoms with Crippen LogP contribution in [0.2, 0.25) is 0 Å². The number of ether oxygens (including phenoxy) is 1. The molecule has 4 nitrogen and oxygen atoms in total. The lowest BCUT2D eigenvalue weighted by Gasteiger charge is -2.14. The fourth-order valence-corrected chi connectivity index (χ4v) is 2.74. The maximum Gasteiger partial charge on any atom is 0.268 e. The van der Waals surface area contributed by atoms with Gasteiger partial charge in [0.1, 0.15) is 5.69 Å². The molecule has 0 spiro atoms. The van der Waals surface area contributed by atoms with Gasteiger partial charge in [-0.05, 0) is 36.8 Å². The van der Waals surface area contributed by atoms with Crippen LogP contribution in [0.1, 0.15) is 29.0 Å². The average Bonchev–Trinajstić information content (AvgIpc) is 3.02. The van der Waals surface area contributed by atoms with Gasteiger partial charge in [0.25, 0.3) is 5.91 Å². The van der Waals surface area contributed by atoms with Crippen molar-refractivity contribution >= 4 is 17.7 Å². The van der Waals surface area contributed by atoms with Crippen molar-refractivity contribution < 1.29 is 9.53 Å². The van der Waals surface area contributed by atoms with Crippen LogP contribution in [0, 0.1) is 0 Å². The monoisotopic (exact) mass is 304 g/mol. The molecule has 112 valence electrons. The second kappa shape index (κ2) is 7.90. The second-order valence-corrected chi connectivity index (χ2v) is 5.86. The van der Waals surface area contributed by atoms with E-state index in [9.17, 15) is 4.79 Å². The van der Waals surface area contributed by atoms with E-state index >= 15 is 0 Å². The van der Waals surface area contributed by atoms with E-state index in [0.717, 1.165) is 17.9 Å². The Kier molecular flexibility index (Phi) is 5.90. The van der Waals surface area contributed by atoms with Crippen molar-refractivity contribution in [2.24, 2.45) is 0 Å². The van der Waals surface area contributed by atoms with Crippen molar-refractivity contribution in [3.63, 3.8) is 0 Å². The van der Waals surface area contributed by atoms with Crippen molar-refractivity contribution in [2.45, 2.75) is 17.9 Å². The van der Waals surface area contributed by atoms with Crippen LogP contribution in [-0.4, -0.2) is 30.4 Å². The predicted octanol–water partition coefficient (Wildman–Crippen LogP) is 3.24. The molecular weight excluding hydrogens is 284 g/mol. The van der Waals surface area contributed by atoms with Crippen molar-refractivity contribution in [1.29, 1.82) is 0 Å². The number of thioether (sulfide) groups is 1. The van der Waals surface area contributed by atoms with Crippen molar-refractivity contribution in [1.82, 2.24) is 10.3 Å². The standard InChI is InChI=1S/C16H20N2O2S/c1-12(18-16(19)15-4-3-9-17-15)13-5-7-14(8-6-13)21-11-10-20-2/h3-9,12,17H,10-11H2,1-2H3,(H,18,19)/t12-/m1/s1. The molecule has 0 aliphatic carbocycles. The summed E-state index contributed by atoms with van der Waals surface area (Å²) in [6, 6.07) is 11.8. The molecule has 0 fully saturated rings. The predicted molar refractivity (Wildman–Crippen MR) is 85.7 cm³/mol. The highest BCUT2D eigenvalue weighted by molar-refractivity contribution is 7.99. The lowest BCUT2D eigenvalue weighted by Crippen LogP contribution is -2.26. The molecule has 0 saturated heterocycles. The highest BCUT2D eigenvalue weighted by Crippen LogP contribution is 2.21. The SMILES string of the molecule is COCCSc1ccc([C@@H](C)NC(=O)c2ccc[nH]2)cc1. The van der Waals surface area contributed by atoms with Gasteiger partial charge in [0.2, 0.25) is 0 Å². The van der Waals surface area contributed by atoms with Gasteiger partial charge in [0.05, 0.1) is 12.6 Å². The Balaban J connectivity index is 1.90. The average molecular weight is 304 g/mol. The summed E-state index contributed by atoms with van der Waals surface area (Å²) in [6.07, 6.45) is 1.74. The van der Waals surface area contributed by atoms with Crippen molar-refractivity contribution in [3.05, 3.63) is 53.9 Å². The first-order valence-corrected chi connectivity index (χ1v) is 7.85. The Morgan fingerprint density at radius 1 is 1.33 bits per heavy atom. The zero-order valence-electron chi connectivity index (χ0n) is 12.3. The Bertz CT molecular complexity index is 552. The van der Waals surface area contributed by atoms with Gasteiger partial charge in [-0.25, -0.2) is 0 Å². The van der Waals surface area contributed by atoms with E-state index in [1.54, 1.807) is 31.1 Å². The Labute approximate surface area is 129 Å². The minimum Gasteiger partial charge on any atom is -0.384 e. The van der Waals surface area contributed by atoms with Crippen LogP contribution in [0.3, 0.4) is 0 Å². The fraction of sp³-hybridized carbons (Fsp3) is 0.312. The fourth-order valence-electron chi connectivity index (χ4n) is 1.92. The first-order chi connectivity index (χ1) is 10.2. The molecule has 21 heavy (non-hydrogen) atoms.